The molecule has 1 aliphatic rings. The second-order valence-corrected chi connectivity index (χ2v) is 6.48. The van der Waals surface area contributed by atoms with Crippen LogP contribution in [0.2, 0.25) is 0 Å². The van der Waals surface area contributed by atoms with Crippen molar-refractivity contribution >= 4 is 16.0 Å². The Balaban J connectivity index is 2.67. The van der Waals surface area contributed by atoms with Gasteiger partial charge in [0.05, 0.1) is 12.0 Å². The van der Waals surface area contributed by atoms with E-state index in [2.05, 4.69) is 4.72 Å². The molecule has 3 atom stereocenters. The molecule has 3 unspecified atom stereocenters. The number of carboxylic acid groups (broad SMARTS) is 1. The highest BCUT2D eigenvalue weighted by atomic mass is 32.2. The van der Waals surface area contributed by atoms with Crippen molar-refractivity contribution in [2.24, 2.45) is 5.92 Å². The summed E-state index contributed by atoms with van der Waals surface area (Å²) in [6.07, 6.45) is 2.43. The summed E-state index contributed by atoms with van der Waals surface area (Å²) in [7, 11) is -3.68. The molecule has 1 saturated carbocycles. The first kappa shape index (κ1) is 14.9. The number of carboxylic acids is 1. The van der Waals surface area contributed by atoms with Gasteiger partial charge < -0.3 is 5.11 Å². The van der Waals surface area contributed by atoms with E-state index in [0.717, 1.165) is 0 Å². The van der Waals surface area contributed by atoms with E-state index in [1.807, 2.05) is 0 Å². The van der Waals surface area contributed by atoms with Gasteiger partial charge in [-0.1, -0.05) is 13.3 Å². The smallest absolute Gasteiger partial charge is 0.306 e. The lowest BCUT2D eigenvalue weighted by Crippen LogP contribution is -2.43. The summed E-state index contributed by atoms with van der Waals surface area (Å²) in [5, 5.41) is 16.6. The zero-order chi connectivity index (χ0) is 13.8. The summed E-state index contributed by atoms with van der Waals surface area (Å²) in [6.45, 7) is 1.63. The quantitative estimate of drug-likeness (QED) is 0.772. The second kappa shape index (κ2) is 6.16. The average Bonchev–Trinajstić information content (AvgIpc) is 2.29. The van der Waals surface area contributed by atoms with Crippen LogP contribution in [0.5, 0.6) is 0 Å². The number of rotatable bonds is 5. The largest absolute Gasteiger partial charge is 0.481 e. The van der Waals surface area contributed by atoms with E-state index >= 15 is 0 Å². The minimum absolute atomic E-state index is 0.223. The molecule has 1 aliphatic carbocycles. The molecule has 102 valence electrons. The molecular formula is C11H18N2O4S. The number of nitrogens with zero attached hydrogens (tertiary/aromatic N) is 1. The summed E-state index contributed by atoms with van der Waals surface area (Å²) < 4.78 is 26.2. The molecule has 2 N–H and O–H groups in total. The van der Waals surface area contributed by atoms with Crippen LogP contribution in [0, 0.1) is 17.2 Å². The minimum Gasteiger partial charge on any atom is -0.481 e. The van der Waals surface area contributed by atoms with Gasteiger partial charge >= 0.3 is 5.97 Å². The van der Waals surface area contributed by atoms with E-state index in [1.54, 1.807) is 13.0 Å². The summed E-state index contributed by atoms with van der Waals surface area (Å²) in [4.78, 5) is 10.9. The molecule has 0 aromatic carbocycles. The van der Waals surface area contributed by atoms with Crippen LogP contribution in [0.25, 0.3) is 0 Å². The molecular weight excluding hydrogens is 256 g/mol. The summed E-state index contributed by atoms with van der Waals surface area (Å²) in [5.74, 6) is -1.38. The highest BCUT2D eigenvalue weighted by Crippen LogP contribution is 2.25. The Labute approximate surface area is 107 Å². The predicted octanol–water partition coefficient (Wildman–Crippen LogP) is 0.851. The molecule has 18 heavy (non-hydrogen) atoms. The van der Waals surface area contributed by atoms with Gasteiger partial charge in [0.15, 0.2) is 5.25 Å². The zero-order valence-electron chi connectivity index (χ0n) is 10.3. The van der Waals surface area contributed by atoms with E-state index in [1.165, 1.54) is 0 Å². The molecule has 0 amide bonds. The molecule has 0 heterocycles. The Bertz CT molecular complexity index is 440. The highest BCUT2D eigenvalue weighted by molar-refractivity contribution is 7.90. The van der Waals surface area contributed by atoms with Crippen LogP contribution in [0.3, 0.4) is 0 Å². The number of hydrogen-bond donors (Lipinski definition) is 2. The fraction of sp³-hybridized carbons (Fsp3) is 0.818. The molecule has 0 aromatic rings. The van der Waals surface area contributed by atoms with Crippen LogP contribution in [0.4, 0.5) is 0 Å². The van der Waals surface area contributed by atoms with Gasteiger partial charge in [-0.3, -0.25) is 4.79 Å². The van der Waals surface area contributed by atoms with Crippen LogP contribution in [0.15, 0.2) is 0 Å². The number of nitrogens with one attached hydrogen (secondary N) is 1. The SMILES string of the molecule is CCC(C#N)S(=O)(=O)NC1CCCC(C(=O)O)C1. The zero-order valence-corrected chi connectivity index (χ0v) is 11.1. The van der Waals surface area contributed by atoms with E-state index in [4.69, 9.17) is 10.4 Å². The number of nitriles is 1. The third-order valence-corrected chi connectivity index (χ3v) is 5.09. The van der Waals surface area contributed by atoms with Crippen molar-refractivity contribution in [2.75, 3.05) is 0 Å². The van der Waals surface area contributed by atoms with Gasteiger partial charge in [0, 0.05) is 6.04 Å². The van der Waals surface area contributed by atoms with Gasteiger partial charge in [0.1, 0.15) is 0 Å². The van der Waals surface area contributed by atoms with Crippen molar-refractivity contribution in [3.05, 3.63) is 0 Å². The second-order valence-electron chi connectivity index (χ2n) is 4.59. The molecule has 0 saturated heterocycles. The Kier molecular flexibility index (Phi) is 5.11. The van der Waals surface area contributed by atoms with Gasteiger partial charge in [-0.25, -0.2) is 13.1 Å². The maximum absolute atomic E-state index is 11.9. The van der Waals surface area contributed by atoms with Crippen LogP contribution >= 0.6 is 0 Å². The fourth-order valence-electron chi connectivity index (χ4n) is 2.22. The molecule has 0 aliphatic heterocycles. The molecule has 0 spiro atoms. The third kappa shape index (κ3) is 3.68. The normalized spacial score (nSPS) is 26.2. The van der Waals surface area contributed by atoms with Gasteiger partial charge in [-0.2, -0.15) is 5.26 Å². The molecule has 0 radical (unpaired) electrons. The maximum atomic E-state index is 11.9. The van der Waals surface area contributed by atoms with Crippen LogP contribution < -0.4 is 4.72 Å². The lowest BCUT2D eigenvalue weighted by Gasteiger charge is -2.27. The molecule has 6 nitrogen and oxygen atoms in total. The summed E-state index contributed by atoms with van der Waals surface area (Å²) >= 11 is 0. The predicted molar refractivity (Wildman–Crippen MR) is 65.1 cm³/mol. The van der Waals surface area contributed by atoms with Crippen molar-refractivity contribution < 1.29 is 18.3 Å². The van der Waals surface area contributed by atoms with Crippen molar-refractivity contribution in [1.29, 1.82) is 5.26 Å². The van der Waals surface area contributed by atoms with Crippen molar-refractivity contribution in [2.45, 2.75) is 50.3 Å². The Morgan fingerprint density at radius 2 is 2.22 bits per heavy atom. The average molecular weight is 274 g/mol. The Morgan fingerprint density at radius 1 is 1.56 bits per heavy atom. The number of hydrogen-bond acceptors (Lipinski definition) is 4. The van der Waals surface area contributed by atoms with Crippen molar-refractivity contribution in [1.82, 2.24) is 4.72 Å². The van der Waals surface area contributed by atoms with E-state index < -0.39 is 27.2 Å². The maximum Gasteiger partial charge on any atom is 0.306 e. The summed E-state index contributed by atoms with van der Waals surface area (Å²) in [6, 6.07) is 1.38. The van der Waals surface area contributed by atoms with E-state index in [9.17, 15) is 13.2 Å². The van der Waals surface area contributed by atoms with Gasteiger partial charge in [-0.15, -0.1) is 0 Å². The number of sulfonamides is 1. The lowest BCUT2D eigenvalue weighted by molar-refractivity contribution is -0.143. The molecule has 0 aromatic heterocycles. The standard InChI is InChI=1S/C11H18N2O4S/c1-2-10(7-12)18(16,17)13-9-5-3-4-8(6-9)11(14)15/h8-10,13H,2-6H2,1H3,(H,14,15). The topological polar surface area (TPSA) is 107 Å². The van der Waals surface area contributed by atoms with Crippen molar-refractivity contribution in [3.63, 3.8) is 0 Å². The first-order valence-corrected chi connectivity index (χ1v) is 7.59. The Morgan fingerprint density at radius 3 is 2.72 bits per heavy atom. The van der Waals surface area contributed by atoms with Gasteiger partial charge in [0.25, 0.3) is 0 Å². The Hall–Kier alpha value is -1.13. The van der Waals surface area contributed by atoms with Gasteiger partial charge in [0.2, 0.25) is 10.0 Å². The number of aliphatic carboxylic acids is 1. The molecule has 1 fully saturated rings. The van der Waals surface area contributed by atoms with Crippen LogP contribution in [0.1, 0.15) is 39.0 Å². The number of carbonyl (C=O) groups is 1. The first-order valence-electron chi connectivity index (χ1n) is 6.04. The monoisotopic (exact) mass is 274 g/mol. The third-order valence-electron chi connectivity index (χ3n) is 3.24. The van der Waals surface area contributed by atoms with Crippen molar-refractivity contribution in [3.8, 4) is 6.07 Å². The lowest BCUT2D eigenvalue weighted by atomic mass is 9.86. The van der Waals surface area contributed by atoms with Gasteiger partial charge in [-0.05, 0) is 25.7 Å². The fourth-order valence-corrected chi connectivity index (χ4v) is 3.64. The minimum atomic E-state index is -3.68. The van der Waals surface area contributed by atoms with Crippen LogP contribution in [-0.4, -0.2) is 30.8 Å². The highest BCUT2D eigenvalue weighted by Gasteiger charge is 2.32. The molecule has 0 bridgehead atoms. The molecule has 1 rings (SSSR count). The van der Waals surface area contributed by atoms with Crippen LogP contribution in [-0.2, 0) is 14.8 Å². The molecule has 7 heteroatoms. The summed E-state index contributed by atoms with van der Waals surface area (Å²) in [5.41, 5.74) is 0. The van der Waals surface area contributed by atoms with E-state index in [0.29, 0.717) is 25.7 Å². The van der Waals surface area contributed by atoms with E-state index in [-0.39, 0.29) is 12.5 Å². The first-order chi connectivity index (χ1) is 8.40.